The van der Waals surface area contributed by atoms with Crippen LogP contribution < -0.4 is 15.5 Å². The van der Waals surface area contributed by atoms with E-state index in [1.807, 2.05) is 27.7 Å². The van der Waals surface area contributed by atoms with Gasteiger partial charge in [-0.2, -0.15) is 0 Å². The van der Waals surface area contributed by atoms with Gasteiger partial charge in [0.05, 0.1) is 30.2 Å². The first-order chi connectivity index (χ1) is 13.5. The van der Waals surface area contributed by atoms with Gasteiger partial charge in [-0.15, -0.1) is 0 Å². The Bertz CT molecular complexity index is 938. The third-order valence-corrected chi connectivity index (χ3v) is 5.99. The van der Waals surface area contributed by atoms with E-state index < -0.39 is 29.1 Å². The molecule has 0 spiro atoms. The zero-order valence-corrected chi connectivity index (χ0v) is 17.5. The van der Waals surface area contributed by atoms with Crippen LogP contribution in [0.2, 0.25) is 5.02 Å². The number of carbonyl (C=O) groups is 3. The normalized spacial score (nSPS) is 30.1. The van der Waals surface area contributed by atoms with Crippen molar-refractivity contribution in [1.82, 2.24) is 10.6 Å². The maximum atomic E-state index is 13.3. The molecule has 4 rings (SSSR count). The predicted octanol–water partition coefficient (Wildman–Crippen LogP) is 2.56. The van der Waals surface area contributed by atoms with Crippen LogP contribution in [0.25, 0.3) is 0 Å². The summed E-state index contributed by atoms with van der Waals surface area (Å²) < 4.78 is 6.03. The number of hydrogen-bond acceptors (Lipinski definition) is 4. The molecular formula is C21H24ClN3O4. The molecule has 4 amide bonds. The Morgan fingerprint density at radius 2 is 2.00 bits per heavy atom. The van der Waals surface area contributed by atoms with Crippen molar-refractivity contribution < 1.29 is 19.1 Å². The van der Waals surface area contributed by atoms with Crippen LogP contribution in [0.3, 0.4) is 0 Å². The number of aryl methyl sites for hydroxylation is 1. The van der Waals surface area contributed by atoms with Gasteiger partial charge in [-0.25, -0.2) is 9.69 Å². The van der Waals surface area contributed by atoms with Crippen molar-refractivity contribution in [1.29, 1.82) is 0 Å². The summed E-state index contributed by atoms with van der Waals surface area (Å²) in [6.45, 7) is 7.59. The number of amides is 4. The molecule has 29 heavy (non-hydrogen) atoms. The highest BCUT2D eigenvalue weighted by Crippen LogP contribution is 2.52. The molecule has 2 fully saturated rings. The molecule has 2 saturated heterocycles. The minimum Gasteiger partial charge on any atom is -0.360 e. The molecule has 7 nitrogen and oxygen atoms in total. The molecule has 1 aromatic rings. The van der Waals surface area contributed by atoms with Crippen molar-refractivity contribution in [3.05, 3.63) is 40.9 Å². The zero-order chi connectivity index (χ0) is 21.1. The lowest BCUT2D eigenvalue weighted by Crippen LogP contribution is -2.53. The second-order valence-electron chi connectivity index (χ2n) is 8.90. The minimum absolute atomic E-state index is 0.102. The molecule has 0 radical (unpaired) electrons. The molecule has 3 aliphatic heterocycles. The molecule has 2 N–H and O–H groups in total. The fraction of sp³-hybridized carbons (Fsp3) is 0.476. The van der Waals surface area contributed by atoms with Crippen LogP contribution in [0.5, 0.6) is 0 Å². The number of benzene rings is 1. The Morgan fingerprint density at radius 3 is 2.66 bits per heavy atom. The van der Waals surface area contributed by atoms with Crippen LogP contribution in [0.4, 0.5) is 10.5 Å². The van der Waals surface area contributed by atoms with Gasteiger partial charge < -0.3 is 15.4 Å². The second kappa shape index (κ2) is 6.57. The predicted molar refractivity (Wildman–Crippen MR) is 109 cm³/mol. The number of anilines is 1. The number of nitrogens with zero attached hydrogens (tertiary/aromatic N) is 1. The fourth-order valence-electron chi connectivity index (χ4n) is 4.28. The van der Waals surface area contributed by atoms with E-state index in [-0.39, 0.29) is 24.4 Å². The van der Waals surface area contributed by atoms with Crippen LogP contribution in [-0.2, 0) is 14.3 Å². The molecular weight excluding hydrogens is 394 g/mol. The molecule has 2 bridgehead atoms. The van der Waals surface area contributed by atoms with Gasteiger partial charge in [-0.05, 0) is 45.4 Å². The Balaban J connectivity index is 1.58. The molecule has 0 saturated carbocycles. The quantitative estimate of drug-likeness (QED) is 0.584. The lowest BCUT2D eigenvalue weighted by Gasteiger charge is -2.30. The molecule has 0 aromatic heterocycles. The smallest absolute Gasteiger partial charge is 0.315 e. The molecule has 8 heteroatoms. The molecule has 1 aromatic carbocycles. The topological polar surface area (TPSA) is 87.7 Å². The summed E-state index contributed by atoms with van der Waals surface area (Å²) in [5.41, 5.74) is -0.0981. The van der Waals surface area contributed by atoms with Crippen LogP contribution in [0, 0.1) is 18.8 Å². The summed E-state index contributed by atoms with van der Waals surface area (Å²) in [5.74, 6) is -1.90. The lowest BCUT2D eigenvalue weighted by atomic mass is 9.77. The monoisotopic (exact) mass is 417 g/mol. The Kier molecular flexibility index (Phi) is 4.51. The van der Waals surface area contributed by atoms with Gasteiger partial charge in [0.25, 0.3) is 0 Å². The molecule has 3 heterocycles. The maximum Gasteiger partial charge on any atom is 0.315 e. The van der Waals surface area contributed by atoms with Crippen molar-refractivity contribution in [2.24, 2.45) is 11.8 Å². The zero-order valence-electron chi connectivity index (χ0n) is 16.8. The number of halogens is 1. The summed E-state index contributed by atoms with van der Waals surface area (Å²) in [6, 6.07) is 4.78. The third-order valence-electron chi connectivity index (χ3n) is 5.58. The van der Waals surface area contributed by atoms with Crippen LogP contribution >= 0.6 is 11.6 Å². The number of nitrogens with one attached hydrogen (secondary N) is 2. The van der Waals surface area contributed by atoms with E-state index in [0.29, 0.717) is 10.7 Å². The lowest BCUT2D eigenvalue weighted by molar-refractivity contribution is -0.126. The van der Waals surface area contributed by atoms with E-state index in [2.05, 4.69) is 10.6 Å². The fourth-order valence-corrected chi connectivity index (χ4v) is 4.46. The average Bonchev–Trinajstić information content (AvgIpc) is 3.25. The van der Waals surface area contributed by atoms with Crippen molar-refractivity contribution in [3.63, 3.8) is 0 Å². The average molecular weight is 418 g/mol. The standard InChI is InChI=1S/C21H24ClN3O4/c1-11-5-6-12(9-13(11)22)25-17(26)15-14-7-8-21(29-14,16(15)18(25)27)10-23-19(28)24-20(2,3)4/h5-9,14-16H,10H2,1-4H3,(H2,23,24,28)/t14-,15-,16-,21+/m1/s1. The summed E-state index contributed by atoms with van der Waals surface area (Å²) in [6.07, 6.45) is 3.13. The van der Waals surface area contributed by atoms with Gasteiger partial charge in [0, 0.05) is 10.6 Å². The minimum atomic E-state index is -1.03. The van der Waals surface area contributed by atoms with E-state index in [1.54, 1.807) is 30.4 Å². The first-order valence-electron chi connectivity index (χ1n) is 9.60. The molecule has 4 atom stereocenters. The second-order valence-corrected chi connectivity index (χ2v) is 9.31. The van der Waals surface area contributed by atoms with Gasteiger partial charge in [0.2, 0.25) is 11.8 Å². The van der Waals surface area contributed by atoms with E-state index >= 15 is 0 Å². The summed E-state index contributed by atoms with van der Waals surface area (Å²) in [5, 5.41) is 6.10. The SMILES string of the molecule is Cc1ccc(N2C(=O)[C@@H]3[C@H]4C=C[C@@](CNC(=O)NC(C)(C)C)(O4)[C@H]3C2=O)cc1Cl. The third kappa shape index (κ3) is 3.22. The highest BCUT2D eigenvalue weighted by molar-refractivity contribution is 6.32. The Hall–Kier alpha value is -2.38. The van der Waals surface area contributed by atoms with Gasteiger partial charge in [-0.3, -0.25) is 9.59 Å². The van der Waals surface area contributed by atoms with Gasteiger partial charge in [0.1, 0.15) is 5.60 Å². The van der Waals surface area contributed by atoms with Crippen molar-refractivity contribution in [3.8, 4) is 0 Å². The van der Waals surface area contributed by atoms with E-state index in [4.69, 9.17) is 16.3 Å². The van der Waals surface area contributed by atoms with Gasteiger partial charge in [-0.1, -0.05) is 29.8 Å². The highest BCUT2D eigenvalue weighted by Gasteiger charge is 2.67. The number of hydrogen-bond donors (Lipinski definition) is 2. The largest absolute Gasteiger partial charge is 0.360 e. The molecule has 0 unspecified atom stereocenters. The Morgan fingerprint density at radius 1 is 1.28 bits per heavy atom. The highest BCUT2D eigenvalue weighted by atomic mass is 35.5. The summed E-state index contributed by atoms with van der Waals surface area (Å²) in [7, 11) is 0. The number of carbonyl (C=O) groups excluding carboxylic acids is 3. The first-order valence-corrected chi connectivity index (χ1v) is 9.97. The number of ether oxygens (including phenoxy) is 1. The Labute approximate surface area is 174 Å². The van der Waals surface area contributed by atoms with Gasteiger partial charge >= 0.3 is 6.03 Å². The van der Waals surface area contributed by atoms with E-state index in [1.165, 1.54) is 4.90 Å². The van der Waals surface area contributed by atoms with Crippen LogP contribution in [0.15, 0.2) is 30.4 Å². The van der Waals surface area contributed by atoms with Crippen LogP contribution in [-0.4, -0.2) is 41.6 Å². The first kappa shape index (κ1) is 19.9. The van der Waals surface area contributed by atoms with E-state index in [0.717, 1.165) is 5.56 Å². The van der Waals surface area contributed by atoms with Crippen molar-refractivity contribution in [2.75, 3.05) is 11.4 Å². The number of rotatable bonds is 3. The summed E-state index contributed by atoms with van der Waals surface area (Å²) >= 11 is 6.20. The van der Waals surface area contributed by atoms with Crippen molar-refractivity contribution >= 4 is 35.1 Å². The molecule has 0 aliphatic carbocycles. The number of imide groups is 1. The maximum absolute atomic E-state index is 13.3. The number of fused-ring (bicyclic) bond motifs is 5. The summed E-state index contributed by atoms with van der Waals surface area (Å²) in [4.78, 5) is 39.8. The molecule has 3 aliphatic rings. The van der Waals surface area contributed by atoms with E-state index in [9.17, 15) is 14.4 Å². The van der Waals surface area contributed by atoms with Crippen molar-refractivity contribution in [2.45, 2.75) is 44.9 Å². The van der Waals surface area contributed by atoms with Gasteiger partial charge in [0.15, 0.2) is 0 Å². The van der Waals surface area contributed by atoms with Crippen LogP contribution in [0.1, 0.15) is 26.3 Å². The number of urea groups is 1. The molecule has 154 valence electrons.